The SMILES string of the molecule is CCN(c1ccccc1)S(=O)(=O)c1ccc(-n2[nH]c(C)c(Cc3cccc(C(=O)O)c3C)c2=O)nc1. The topological polar surface area (TPSA) is 125 Å². The number of aryl methyl sites for hydroxylation is 1. The summed E-state index contributed by atoms with van der Waals surface area (Å²) in [6.07, 6.45) is 1.48. The lowest BCUT2D eigenvalue weighted by molar-refractivity contribution is 0.0696. The van der Waals surface area contributed by atoms with Gasteiger partial charge in [0.2, 0.25) is 0 Å². The zero-order chi connectivity index (χ0) is 26.0. The second kappa shape index (κ2) is 9.82. The number of benzene rings is 2. The second-order valence-electron chi connectivity index (χ2n) is 8.28. The van der Waals surface area contributed by atoms with Gasteiger partial charge in [0.15, 0.2) is 5.82 Å². The van der Waals surface area contributed by atoms with Gasteiger partial charge in [0.25, 0.3) is 15.6 Å². The Labute approximate surface area is 208 Å². The molecule has 0 aliphatic heterocycles. The number of hydrogen-bond donors (Lipinski definition) is 2. The van der Waals surface area contributed by atoms with Crippen LogP contribution in [0.3, 0.4) is 0 Å². The lowest BCUT2D eigenvalue weighted by Gasteiger charge is -2.22. The van der Waals surface area contributed by atoms with E-state index in [-0.39, 0.29) is 34.8 Å². The van der Waals surface area contributed by atoms with Crippen molar-refractivity contribution >= 4 is 21.7 Å². The molecule has 0 fully saturated rings. The third kappa shape index (κ3) is 4.55. The number of nitrogens with zero attached hydrogens (tertiary/aromatic N) is 3. The van der Waals surface area contributed by atoms with E-state index in [1.165, 1.54) is 33.4 Å². The van der Waals surface area contributed by atoms with Crippen molar-refractivity contribution < 1.29 is 18.3 Å². The monoisotopic (exact) mass is 506 g/mol. The van der Waals surface area contributed by atoms with Gasteiger partial charge in [-0.15, -0.1) is 0 Å². The standard InChI is InChI=1S/C26H26N4O5S/c1-4-29(20-10-6-5-7-11-20)36(34,35)21-13-14-24(27-16-21)30-25(31)23(18(3)28-30)15-19-9-8-12-22(17(19)2)26(32)33/h5-14,16,28H,4,15H2,1-3H3,(H,32,33). The van der Waals surface area contributed by atoms with Gasteiger partial charge in [-0.25, -0.2) is 22.9 Å². The number of nitrogens with one attached hydrogen (secondary N) is 1. The number of sulfonamides is 1. The summed E-state index contributed by atoms with van der Waals surface area (Å²) in [7, 11) is -3.85. The number of anilines is 1. The summed E-state index contributed by atoms with van der Waals surface area (Å²) >= 11 is 0. The van der Waals surface area contributed by atoms with Gasteiger partial charge in [-0.05, 0) is 62.2 Å². The smallest absolute Gasteiger partial charge is 0.335 e. The van der Waals surface area contributed by atoms with Crippen LogP contribution >= 0.6 is 0 Å². The third-order valence-corrected chi connectivity index (χ3v) is 7.99. The highest BCUT2D eigenvalue weighted by molar-refractivity contribution is 7.92. The van der Waals surface area contributed by atoms with Gasteiger partial charge in [0.1, 0.15) is 4.90 Å². The maximum Gasteiger partial charge on any atom is 0.335 e. The van der Waals surface area contributed by atoms with Gasteiger partial charge < -0.3 is 5.11 Å². The molecule has 0 bridgehead atoms. The van der Waals surface area contributed by atoms with E-state index in [0.29, 0.717) is 22.5 Å². The number of hydrogen-bond acceptors (Lipinski definition) is 5. The van der Waals surface area contributed by atoms with Crippen LogP contribution in [0.25, 0.3) is 5.82 Å². The van der Waals surface area contributed by atoms with Crippen LogP contribution in [0.4, 0.5) is 5.69 Å². The number of rotatable bonds is 8. The van der Waals surface area contributed by atoms with Crippen molar-refractivity contribution in [2.24, 2.45) is 0 Å². The van der Waals surface area contributed by atoms with Gasteiger partial charge in [-0.1, -0.05) is 30.3 Å². The molecule has 36 heavy (non-hydrogen) atoms. The van der Waals surface area contributed by atoms with Gasteiger partial charge in [-0.2, -0.15) is 0 Å². The fraction of sp³-hybridized carbons (Fsp3) is 0.192. The number of carboxylic acids is 1. The van der Waals surface area contributed by atoms with Gasteiger partial charge in [0, 0.05) is 30.4 Å². The average Bonchev–Trinajstić information content (AvgIpc) is 3.14. The van der Waals surface area contributed by atoms with Crippen LogP contribution < -0.4 is 9.86 Å². The van der Waals surface area contributed by atoms with Crippen LogP contribution in [0.5, 0.6) is 0 Å². The van der Waals surface area contributed by atoms with E-state index in [4.69, 9.17) is 0 Å². The van der Waals surface area contributed by atoms with Gasteiger partial charge in [0.05, 0.1) is 11.3 Å². The Morgan fingerprint density at radius 2 is 1.78 bits per heavy atom. The van der Waals surface area contributed by atoms with Crippen molar-refractivity contribution in [2.75, 3.05) is 10.8 Å². The zero-order valence-electron chi connectivity index (χ0n) is 20.1. The number of para-hydroxylation sites is 1. The minimum atomic E-state index is -3.85. The Bertz CT molecular complexity index is 1570. The molecule has 2 N–H and O–H groups in total. The molecule has 4 rings (SSSR count). The number of pyridine rings is 1. The predicted octanol–water partition coefficient (Wildman–Crippen LogP) is 3.68. The van der Waals surface area contributed by atoms with Crippen molar-refractivity contribution in [3.05, 3.63) is 105 Å². The second-order valence-corrected chi connectivity index (χ2v) is 10.1. The van der Waals surface area contributed by atoms with Crippen LogP contribution in [-0.2, 0) is 16.4 Å². The fourth-order valence-corrected chi connectivity index (χ4v) is 5.54. The Kier molecular flexibility index (Phi) is 6.80. The lowest BCUT2D eigenvalue weighted by atomic mass is 9.97. The number of aromatic nitrogens is 3. The molecule has 0 aliphatic rings. The first kappa shape index (κ1) is 24.9. The Balaban J connectivity index is 1.65. The highest BCUT2D eigenvalue weighted by Gasteiger charge is 2.24. The summed E-state index contributed by atoms with van der Waals surface area (Å²) in [6.45, 7) is 5.47. The summed E-state index contributed by atoms with van der Waals surface area (Å²) in [5, 5.41) is 12.4. The molecule has 2 aromatic carbocycles. The molecule has 0 saturated carbocycles. The largest absolute Gasteiger partial charge is 0.478 e. The summed E-state index contributed by atoms with van der Waals surface area (Å²) < 4.78 is 29.0. The van der Waals surface area contributed by atoms with E-state index in [9.17, 15) is 23.1 Å². The van der Waals surface area contributed by atoms with Crippen LogP contribution in [0.2, 0.25) is 0 Å². The maximum atomic E-state index is 13.2. The predicted molar refractivity (Wildman–Crippen MR) is 137 cm³/mol. The maximum absolute atomic E-state index is 13.2. The molecule has 0 aliphatic carbocycles. The van der Waals surface area contributed by atoms with E-state index in [2.05, 4.69) is 10.1 Å². The van der Waals surface area contributed by atoms with Gasteiger partial charge in [-0.3, -0.25) is 14.2 Å². The normalized spacial score (nSPS) is 11.4. The molecule has 10 heteroatoms. The Morgan fingerprint density at radius 1 is 1.06 bits per heavy atom. The molecule has 0 saturated heterocycles. The number of aromatic amines is 1. The fourth-order valence-electron chi connectivity index (χ4n) is 4.12. The molecule has 4 aromatic rings. The van der Waals surface area contributed by atoms with Gasteiger partial charge >= 0.3 is 5.97 Å². The molecular formula is C26H26N4O5S. The van der Waals surface area contributed by atoms with Crippen LogP contribution in [0.15, 0.2) is 76.6 Å². The van der Waals surface area contributed by atoms with Crippen molar-refractivity contribution in [1.29, 1.82) is 0 Å². The van der Waals surface area contributed by atoms with Crippen LogP contribution in [0, 0.1) is 13.8 Å². The number of aromatic carboxylic acids is 1. The van der Waals surface area contributed by atoms with E-state index in [1.54, 1.807) is 57.2 Å². The zero-order valence-corrected chi connectivity index (χ0v) is 20.9. The lowest BCUT2D eigenvalue weighted by Crippen LogP contribution is -2.31. The van der Waals surface area contributed by atoms with E-state index < -0.39 is 16.0 Å². The quantitative estimate of drug-likeness (QED) is 0.376. The molecular weight excluding hydrogens is 480 g/mol. The van der Waals surface area contributed by atoms with Crippen molar-refractivity contribution in [3.8, 4) is 5.82 Å². The molecule has 0 unspecified atom stereocenters. The summed E-state index contributed by atoms with van der Waals surface area (Å²) in [5.41, 5.74) is 2.82. The summed E-state index contributed by atoms with van der Waals surface area (Å²) in [4.78, 5) is 28.9. The van der Waals surface area contributed by atoms with Crippen molar-refractivity contribution in [2.45, 2.75) is 32.1 Å². The Morgan fingerprint density at radius 3 is 2.39 bits per heavy atom. The van der Waals surface area contributed by atoms with Crippen molar-refractivity contribution in [3.63, 3.8) is 0 Å². The summed E-state index contributed by atoms with van der Waals surface area (Å²) in [6, 6.07) is 16.7. The minimum absolute atomic E-state index is 0.00890. The molecule has 0 spiro atoms. The van der Waals surface area contributed by atoms with Crippen LogP contribution in [-0.4, -0.2) is 40.8 Å². The first-order chi connectivity index (χ1) is 17.1. The molecule has 0 radical (unpaired) electrons. The van der Waals surface area contributed by atoms with E-state index in [0.717, 1.165) is 5.56 Å². The van der Waals surface area contributed by atoms with E-state index >= 15 is 0 Å². The highest BCUT2D eigenvalue weighted by Crippen LogP contribution is 2.23. The average molecular weight is 507 g/mol. The third-order valence-electron chi connectivity index (χ3n) is 6.11. The first-order valence-electron chi connectivity index (χ1n) is 11.3. The molecule has 9 nitrogen and oxygen atoms in total. The number of carbonyl (C=O) groups is 1. The number of H-pyrrole nitrogens is 1. The van der Waals surface area contributed by atoms with Crippen LogP contribution in [0.1, 0.15) is 39.7 Å². The first-order valence-corrected chi connectivity index (χ1v) is 12.8. The van der Waals surface area contributed by atoms with Crippen molar-refractivity contribution in [1.82, 2.24) is 14.8 Å². The highest BCUT2D eigenvalue weighted by atomic mass is 32.2. The summed E-state index contributed by atoms with van der Waals surface area (Å²) in [5.74, 6) is -0.780. The molecule has 2 aromatic heterocycles. The number of carboxylic acid groups (broad SMARTS) is 1. The van der Waals surface area contributed by atoms with E-state index in [1.807, 2.05) is 6.07 Å². The Hall–Kier alpha value is -4.18. The molecule has 0 amide bonds. The molecule has 2 heterocycles. The molecule has 186 valence electrons. The minimum Gasteiger partial charge on any atom is -0.478 e. The molecule has 0 atom stereocenters.